The third-order valence-electron chi connectivity index (χ3n) is 2.98. The highest BCUT2D eigenvalue weighted by Crippen LogP contribution is 2.24. The van der Waals surface area contributed by atoms with E-state index in [2.05, 4.69) is 6.92 Å². The molecule has 0 spiro atoms. The standard InChI is InChI=1S/C15H23N3O3/c1-3-5-8-18(10-14(17)19)13-7-6-11(16)9-12(13)15(20)21-4-2/h6-7,9H,3-5,8,10,16H2,1-2H3,(H2,17,19). The van der Waals surface area contributed by atoms with Gasteiger partial charge in [0.15, 0.2) is 0 Å². The Morgan fingerprint density at radius 1 is 1.29 bits per heavy atom. The van der Waals surface area contributed by atoms with Gasteiger partial charge in [0.2, 0.25) is 5.91 Å². The monoisotopic (exact) mass is 293 g/mol. The van der Waals surface area contributed by atoms with Gasteiger partial charge in [-0.3, -0.25) is 4.79 Å². The van der Waals surface area contributed by atoms with Gasteiger partial charge in [-0.1, -0.05) is 13.3 Å². The lowest BCUT2D eigenvalue weighted by molar-refractivity contribution is -0.116. The number of hydrogen-bond donors (Lipinski definition) is 2. The molecule has 0 saturated heterocycles. The molecule has 1 aromatic carbocycles. The minimum absolute atomic E-state index is 0.0519. The molecule has 0 atom stereocenters. The summed E-state index contributed by atoms with van der Waals surface area (Å²) < 4.78 is 5.05. The van der Waals surface area contributed by atoms with Crippen LogP contribution < -0.4 is 16.4 Å². The SMILES string of the molecule is CCCCN(CC(N)=O)c1ccc(N)cc1C(=O)OCC. The number of esters is 1. The zero-order valence-electron chi connectivity index (χ0n) is 12.6. The quantitative estimate of drug-likeness (QED) is 0.559. The number of nitrogens with two attached hydrogens (primary N) is 2. The van der Waals surface area contributed by atoms with Crippen molar-refractivity contribution < 1.29 is 14.3 Å². The van der Waals surface area contributed by atoms with E-state index >= 15 is 0 Å². The van der Waals surface area contributed by atoms with Crippen LogP contribution in [-0.4, -0.2) is 31.6 Å². The van der Waals surface area contributed by atoms with Crippen LogP contribution in [0.2, 0.25) is 0 Å². The van der Waals surface area contributed by atoms with Crippen LogP contribution in [0.3, 0.4) is 0 Å². The number of nitrogen functional groups attached to an aromatic ring is 1. The number of carbonyl (C=O) groups is 2. The first-order valence-electron chi connectivity index (χ1n) is 7.09. The summed E-state index contributed by atoms with van der Waals surface area (Å²) in [7, 11) is 0. The van der Waals surface area contributed by atoms with Gasteiger partial charge in [0.1, 0.15) is 0 Å². The third-order valence-corrected chi connectivity index (χ3v) is 2.98. The van der Waals surface area contributed by atoms with Crippen molar-refractivity contribution in [3.63, 3.8) is 0 Å². The lowest BCUT2D eigenvalue weighted by Gasteiger charge is -2.25. The first-order chi connectivity index (χ1) is 9.99. The van der Waals surface area contributed by atoms with E-state index in [0.717, 1.165) is 12.8 Å². The molecule has 0 aliphatic carbocycles. The predicted octanol–water partition coefficient (Wildman–Crippen LogP) is 1.54. The first kappa shape index (κ1) is 16.8. The van der Waals surface area contributed by atoms with E-state index in [9.17, 15) is 9.59 Å². The summed E-state index contributed by atoms with van der Waals surface area (Å²) in [5.74, 6) is -0.900. The van der Waals surface area contributed by atoms with Crippen LogP contribution in [0.1, 0.15) is 37.0 Å². The van der Waals surface area contributed by atoms with Crippen LogP contribution in [0.15, 0.2) is 18.2 Å². The molecule has 1 rings (SSSR count). The van der Waals surface area contributed by atoms with E-state index in [1.807, 2.05) is 0 Å². The molecule has 0 aromatic heterocycles. The molecule has 0 aliphatic heterocycles. The smallest absolute Gasteiger partial charge is 0.340 e. The van der Waals surface area contributed by atoms with Gasteiger partial charge < -0.3 is 21.1 Å². The Morgan fingerprint density at radius 3 is 2.57 bits per heavy atom. The Kier molecular flexibility index (Phi) is 6.52. The van der Waals surface area contributed by atoms with Gasteiger partial charge in [-0.2, -0.15) is 0 Å². The number of rotatable bonds is 8. The summed E-state index contributed by atoms with van der Waals surface area (Å²) >= 11 is 0. The van der Waals surface area contributed by atoms with Gasteiger partial charge >= 0.3 is 5.97 Å². The van der Waals surface area contributed by atoms with E-state index in [1.54, 1.807) is 30.0 Å². The van der Waals surface area contributed by atoms with Crippen LogP contribution in [0.4, 0.5) is 11.4 Å². The number of unbranched alkanes of at least 4 members (excludes halogenated alkanes) is 1. The number of primary amides is 1. The molecule has 0 aliphatic rings. The largest absolute Gasteiger partial charge is 0.462 e. The maximum Gasteiger partial charge on any atom is 0.340 e. The molecular weight excluding hydrogens is 270 g/mol. The molecule has 0 bridgehead atoms. The number of ether oxygens (including phenoxy) is 1. The Bertz CT molecular complexity index is 503. The summed E-state index contributed by atoms with van der Waals surface area (Å²) in [5.41, 5.74) is 12.5. The van der Waals surface area contributed by atoms with Gasteiger partial charge in [0, 0.05) is 12.2 Å². The van der Waals surface area contributed by atoms with Crippen molar-refractivity contribution in [2.24, 2.45) is 5.73 Å². The molecular formula is C15H23N3O3. The van der Waals surface area contributed by atoms with Crippen molar-refractivity contribution >= 4 is 23.3 Å². The van der Waals surface area contributed by atoms with Gasteiger partial charge in [0.25, 0.3) is 0 Å². The molecule has 6 nitrogen and oxygen atoms in total. The van der Waals surface area contributed by atoms with E-state index in [4.69, 9.17) is 16.2 Å². The predicted molar refractivity (Wildman–Crippen MR) is 83.1 cm³/mol. The second kappa shape index (κ2) is 8.14. The molecule has 6 heteroatoms. The number of amides is 1. The lowest BCUT2D eigenvalue weighted by atomic mass is 10.1. The zero-order valence-corrected chi connectivity index (χ0v) is 12.6. The fourth-order valence-electron chi connectivity index (χ4n) is 2.02. The van der Waals surface area contributed by atoms with Crippen molar-refractivity contribution in [2.45, 2.75) is 26.7 Å². The van der Waals surface area contributed by atoms with E-state index < -0.39 is 11.9 Å². The molecule has 1 amide bonds. The lowest BCUT2D eigenvalue weighted by Crippen LogP contribution is -2.35. The summed E-state index contributed by atoms with van der Waals surface area (Å²) in [6, 6.07) is 4.98. The zero-order chi connectivity index (χ0) is 15.8. The van der Waals surface area contributed by atoms with Gasteiger partial charge in [-0.15, -0.1) is 0 Å². The molecule has 21 heavy (non-hydrogen) atoms. The summed E-state index contributed by atoms with van der Waals surface area (Å²) in [5, 5.41) is 0. The molecule has 1 aromatic rings. The Labute approximate surface area is 125 Å². The maximum absolute atomic E-state index is 12.1. The average molecular weight is 293 g/mol. The molecule has 0 saturated carbocycles. The molecule has 0 fully saturated rings. The van der Waals surface area contributed by atoms with Gasteiger partial charge in [0.05, 0.1) is 24.4 Å². The first-order valence-corrected chi connectivity index (χ1v) is 7.09. The summed E-state index contributed by atoms with van der Waals surface area (Å²) in [6.45, 7) is 4.75. The van der Waals surface area contributed by atoms with Crippen molar-refractivity contribution in [3.05, 3.63) is 23.8 Å². The van der Waals surface area contributed by atoms with Crippen molar-refractivity contribution in [2.75, 3.05) is 30.3 Å². The third kappa shape index (κ3) is 4.98. The highest BCUT2D eigenvalue weighted by molar-refractivity contribution is 5.97. The van der Waals surface area contributed by atoms with E-state index in [0.29, 0.717) is 23.5 Å². The second-order valence-corrected chi connectivity index (χ2v) is 4.74. The molecule has 4 N–H and O–H groups in total. The van der Waals surface area contributed by atoms with Crippen molar-refractivity contribution in [3.8, 4) is 0 Å². The average Bonchev–Trinajstić information content (AvgIpc) is 2.43. The summed E-state index contributed by atoms with van der Waals surface area (Å²) in [4.78, 5) is 25.1. The highest BCUT2D eigenvalue weighted by Gasteiger charge is 2.19. The van der Waals surface area contributed by atoms with Crippen molar-refractivity contribution in [1.29, 1.82) is 0 Å². The van der Waals surface area contributed by atoms with Crippen LogP contribution >= 0.6 is 0 Å². The van der Waals surface area contributed by atoms with Gasteiger partial charge in [-0.05, 0) is 31.5 Å². The molecule has 0 radical (unpaired) electrons. The van der Waals surface area contributed by atoms with E-state index in [-0.39, 0.29) is 13.2 Å². The molecule has 116 valence electrons. The summed E-state index contributed by atoms with van der Waals surface area (Å²) in [6.07, 6.45) is 1.86. The normalized spacial score (nSPS) is 10.2. The number of benzene rings is 1. The fraction of sp³-hybridized carbons (Fsp3) is 0.467. The van der Waals surface area contributed by atoms with Gasteiger partial charge in [-0.25, -0.2) is 4.79 Å². The molecule has 0 heterocycles. The molecule has 0 unspecified atom stereocenters. The number of nitrogens with zero attached hydrogens (tertiary/aromatic N) is 1. The number of carbonyl (C=O) groups excluding carboxylic acids is 2. The minimum Gasteiger partial charge on any atom is -0.462 e. The minimum atomic E-state index is -0.453. The second-order valence-electron chi connectivity index (χ2n) is 4.74. The highest BCUT2D eigenvalue weighted by atomic mass is 16.5. The number of hydrogen-bond acceptors (Lipinski definition) is 5. The Hall–Kier alpha value is -2.24. The van der Waals surface area contributed by atoms with Crippen LogP contribution in [0.5, 0.6) is 0 Å². The fourth-order valence-corrected chi connectivity index (χ4v) is 2.02. The topological polar surface area (TPSA) is 98.6 Å². The van der Waals surface area contributed by atoms with Crippen LogP contribution in [0.25, 0.3) is 0 Å². The van der Waals surface area contributed by atoms with Crippen LogP contribution in [-0.2, 0) is 9.53 Å². The van der Waals surface area contributed by atoms with E-state index in [1.165, 1.54) is 0 Å². The number of anilines is 2. The van der Waals surface area contributed by atoms with Crippen molar-refractivity contribution in [1.82, 2.24) is 0 Å². The van der Waals surface area contributed by atoms with Crippen LogP contribution in [0, 0.1) is 0 Å². The maximum atomic E-state index is 12.1. The Morgan fingerprint density at radius 2 is 2.00 bits per heavy atom. The Balaban J connectivity index is 3.15.